The minimum absolute atomic E-state index is 0.662. The summed E-state index contributed by atoms with van der Waals surface area (Å²) in [6.45, 7) is 4.10. The van der Waals surface area contributed by atoms with Crippen molar-refractivity contribution in [1.29, 1.82) is 0 Å². The zero-order chi connectivity index (χ0) is 12.1. The van der Waals surface area contributed by atoms with Crippen LogP contribution in [0, 0.1) is 0 Å². The van der Waals surface area contributed by atoms with E-state index < -0.39 is 0 Å². The van der Waals surface area contributed by atoms with Gasteiger partial charge in [0.2, 0.25) is 0 Å². The number of para-hydroxylation sites is 1. The van der Waals surface area contributed by atoms with Gasteiger partial charge in [0.25, 0.3) is 0 Å². The van der Waals surface area contributed by atoms with Gasteiger partial charge in [-0.15, -0.1) is 0 Å². The Morgan fingerprint density at radius 1 is 1.41 bits per heavy atom. The summed E-state index contributed by atoms with van der Waals surface area (Å²) in [5, 5.41) is 4.97. The summed E-state index contributed by atoms with van der Waals surface area (Å²) < 4.78 is 5.67. The third-order valence-corrected chi connectivity index (χ3v) is 2.83. The molecule has 1 heterocycles. The third-order valence-electron chi connectivity index (χ3n) is 2.54. The van der Waals surface area contributed by atoms with E-state index in [9.17, 15) is 0 Å². The van der Waals surface area contributed by atoms with Gasteiger partial charge in [-0.05, 0) is 37.7 Å². The second-order valence-corrected chi connectivity index (χ2v) is 4.26. The zero-order valence-corrected chi connectivity index (χ0v) is 10.6. The van der Waals surface area contributed by atoms with E-state index in [4.69, 9.17) is 16.0 Å². The Morgan fingerprint density at radius 3 is 3.06 bits per heavy atom. The van der Waals surface area contributed by atoms with Crippen LogP contribution >= 0.6 is 11.6 Å². The molecule has 0 bridgehead atoms. The van der Waals surface area contributed by atoms with Crippen molar-refractivity contribution in [3.05, 3.63) is 41.1 Å². The standard InChI is InChI=1S/C14H16ClNO/c1-2-16-9-4-3-7-12-10-11-6-5-8-13(15)14(11)17-12/h3,5-8,10,16H,2,4,9H2,1H3/b7-3+. The van der Waals surface area contributed by atoms with Crippen LogP contribution in [0.2, 0.25) is 5.02 Å². The molecule has 0 atom stereocenters. The van der Waals surface area contributed by atoms with E-state index in [1.54, 1.807) is 0 Å². The van der Waals surface area contributed by atoms with E-state index in [0.717, 1.165) is 36.2 Å². The molecule has 0 saturated heterocycles. The summed E-state index contributed by atoms with van der Waals surface area (Å²) in [4.78, 5) is 0. The molecule has 2 aromatic rings. The highest BCUT2D eigenvalue weighted by molar-refractivity contribution is 6.34. The molecule has 0 radical (unpaired) electrons. The van der Waals surface area contributed by atoms with Gasteiger partial charge in [-0.25, -0.2) is 0 Å². The Kier molecular flexibility index (Phi) is 4.24. The van der Waals surface area contributed by atoms with Crippen LogP contribution in [-0.4, -0.2) is 13.1 Å². The molecule has 90 valence electrons. The van der Waals surface area contributed by atoms with Gasteiger partial charge in [0.05, 0.1) is 5.02 Å². The fourth-order valence-electron chi connectivity index (χ4n) is 1.69. The van der Waals surface area contributed by atoms with Crippen molar-refractivity contribution in [3.63, 3.8) is 0 Å². The zero-order valence-electron chi connectivity index (χ0n) is 9.87. The number of nitrogens with one attached hydrogen (secondary N) is 1. The first-order valence-electron chi connectivity index (χ1n) is 5.86. The molecule has 2 rings (SSSR count). The van der Waals surface area contributed by atoms with Crippen molar-refractivity contribution in [3.8, 4) is 0 Å². The fourth-order valence-corrected chi connectivity index (χ4v) is 1.91. The molecule has 1 aromatic carbocycles. The SMILES string of the molecule is CCNCC/C=C/c1cc2cccc(Cl)c2o1. The fraction of sp³-hybridized carbons (Fsp3) is 0.286. The lowest BCUT2D eigenvalue weighted by Crippen LogP contribution is -2.12. The Labute approximate surface area is 106 Å². The Hall–Kier alpha value is -1.25. The molecule has 1 N–H and O–H groups in total. The van der Waals surface area contributed by atoms with Crippen LogP contribution in [0.25, 0.3) is 17.0 Å². The molecule has 2 nitrogen and oxygen atoms in total. The molecule has 0 fully saturated rings. The van der Waals surface area contributed by atoms with Crippen molar-refractivity contribution in [2.24, 2.45) is 0 Å². The maximum atomic E-state index is 6.05. The highest BCUT2D eigenvalue weighted by atomic mass is 35.5. The molecule has 0 aliphatic heterocycles. The molecular weight excluding hydrogens is 234 g/mol. The van der Waals surface area contributed by atoms with Gasteiger partial charge in [0.1, 0.15) is 5.76 Å². The van der Waals surface area contributed by atoms with E-state index in [-0.39, 0.29) is 0 Å². The molecule has 0 unspecified atom stereocenters. The highest BCUT2D eigenvalue weighted by Gasteiger charge is 2.03. The summed E-state index contributed by atoms with van der Waals surface area (Å²) in [7, 11) is 0. The number of rotatable bonds is 5. The molecule has 17 heavy (non-hydrogen) atoms. The maximum absolute atomic E-state index is 6.05. The minimum atomic E-state index is 0.662. The average Bonchev–Trinajstić information content (AvgIpc) is 2.73. The van der Waals surface area contributed by atoms with Gasteiger partial charge >= 0.3 is 0 Å². The molecule has 0 spiro atoms. The average molecular weight is 250 g/mol. The number of furan rings is 1. The molecule has 1 aromatic heterocycles. The summed E-state index contributed by atoms with van der Waals surface area (Å²) in [5.74, 6) is 0.851. The first-order valence-corrected chi connectivity index (χ1v) is 6.24. The largest absolute Gasteiger partial charge is 0.455 e. The number of hydrogen-bond donors (Lipinski definition) is 1. The van der Waals surface area contributed by atoms with Gasteiger partial charge in [0.15, 0.2) is 5.58 Å². The lowest BCUT2D eigenvalue weighted by atomic mass is 10.2. The summed E-state index contributed by atoms with van der Waals surface area (Å²) in [6, 6.07) is 7.77. The van der Waals surface area contributed by atoms with Crippen molar-refractivity contribution in [2.45, 2.75) is 13.3 Å². The van der Waals surface area contributed by atoms with Crippen molar-refractivity contribution >= 4 is 28.6 Å². The molecule has 0 amide bonds. The number of halogens is 1. The number of hydrogen-bond acceptors (Lipinski definition) is 2. The second kappa shape index (κ2) is 5.89. The van der Waals surface area contributed by atoms with Gasteiger partial charge < -0.3 is 9.73 Å². The van der Waals surface area contributed by atoms with E-state index >= 15 is 0 Å². The lowest BCUT2D eigenvalue weighted by Gasteiger charge is -1.94. The Bertz CT molecular complexity index is 516. The summed E-state index contributed by atoms with van der Waals surface area (Å²) in [5.41, 5.74) is 0.764. The van der Waals surface area contributed by atoms with E-state index in [2.05, 4.69) is 18.3 Å². The molecule has 0 aliphatic rings. The van der Waals surface area contributed by atoms with Crippen molar-refractivity contribution in [1.82, 2.24) is 5.32 Å². The maximum Gasteiger partial charge on any atom is 0.153 e. The lowest BCUT2D eigenvalue weighted by molar-refractivity contribution is 0.604. The van der Waals surface area contributed by atoms with Crippen LogP contribution in [0.4, 0.5) is 0 Å². The topological polar surface area (TPSA) is 25.2 Å². The van der Waals surface area contributed by atoms with E-state index in [0.29, 0.717) is 5.02 Å². The van der Waals surface area contributed by atoms with Crippen LogP contribution < -0.4 is 5.32 Å². The third kappa shape index (κ3) is 3.11. The van der Waals surface area contributed by atoms with Crippen molar-refractivity contribution in [2.75, 3.05) is 13.1 Å². The van der Waals surface area contributed by atoms with Crippen LogP contribution in [0.15, 0.2) is 34.8 Å². The Balaban J connectivity index is 2.07. The van der Waals surface area contributed by atoms with Gasteiger partial charge in [0, 0.05) is 5.39 Å². The Morgan fingerprint density at radius 2 is 2.29 bits per heavy atom. The smallest absolute Gasteiger partial charge is 0.153 e. The van der Waals surface area contributed by atoms with E-state index in [1.165, 1.54) is 0 Å². The predicted octanol–water partition coefficient (Wildman–Crippen LogP) is 4.10. The number of benzene rings is 1. The molecular formula is C14H16ClNO. The normalized spacial score (nSPS) is 11.6. The highest BCUT2D eigenvalue weighted by Crippen LogP contribution is 2.27. The monoisotopic (exact) mass is 249 g/mol. The van der Waals surface area contributed by atoms with Gasteiger partial charge in [-0.1, -0.05) is 36.7 Å². The summed E-state index contributed by atoms with van der Waals surface area (Å²) >= 11 is 6.05. The van der Waals surface area contributed by atoms with Crippen LogP contribution in [0.5, 0.6) is 0 Å². The quantitative estimate of drug-likeness (QED) is 0.807. The minimum Gasteiger partial charge on any atom is -0.455 e. The van der Waals surface area contributed by atoms with Crippen LogP contribution in [0.1, 0.15) is 19.1 Å². The predicted molar refractivity (Wildman–Crippen MR) is 73.4 cm³/mol. The van der Waals surface area contributed by atoms with E-state index in [1.807, 2.05) is 30.3 Å². The first-order chi connectivity index (χ1) is 8.31. The van der Waals surface area contributed by atoms with Crippen LogP contribution in [-0.2, 0) is 0 Å². The van der Waals surface area contributed by atoms with Gasteiger partial charge in [-0.3, -0.25) is 0 Å². The molecule has 0 saturated carbocycles. The van der Waals surface area contributed by atoms with Crippen LogP contribution in [0.3, 0.4) is 0 Å². The second-order valence-electron chi connectivity index (χ2n) is 3.85. The van der Waals surface area contributed by atoms with Crippen molar-refractivity contribution < 1.29 is 4.42 Å². The number of fused-ring (bicyclic) bond motifs is 1. The van der Waals surface area contributed by atoms with Gasteiger partial charge in [-0.2, -0.15) is 0 Å². The molecule has 0 aliphatic carbocycles. The first kappa shape index (κ1) is 12.2. The summed E-state index contributed by atoms with van der Waals surface area (Å²) in [6.07, 6.45) is 5.10. The molecule has 3 heteroatoms.